The zero-order valence-electron chi connectivity index (χ0n) is 15.4. The summed E-state index contributed by atoms with van der Waals surface area (Å²) >= 11 is 6.20. The van der Waals surface area contributed by atoms with Gasteiger partial charge in [-0.15, -0.1) is 0 Å². The summed E-state index contributed by atoms with van der Waals surface area (Å²) in [5.41, 5.74) is 8.18. The molecule has 0 atom stereocenters. The second kappa shape index (κ2) is 9.59. The third-order valence-electron chi connectivity index (χ3n) is 5.32. The standard InChI is InChI=1S/C21H26ClN5/c22-19-4-2-1-3-17(19)13-26-21-9-20(18(11-24)14-27-21)25-12-16-7-5-15(10-23)6-8-16/h1-4,9,14-16H,5-8,10,12-13,23H2,(H2,25,26,27). The topological polar surface area (TPSA) is 86.8 Å². The molecule has 0 aliphatic heterocycles. The molecule has 3 rings (SSSR count). The molecule has 1 saturated carbocycles. The van der Waals surface area contributed by atoms with Crippen molar-refractivity contribution in [2.24, 2.45) is 17.6 Å². The summed E-state index contributed by atoms with van der Waals surface area (Å²) in [7, 11) is 0. The lowest BCUT2D eigenvalue weighted by atomic mass is 9.82. The number of anilines is 2. The minimum Gasteiger partial charge on any atom is -0.384 e. The van der Waals surface area contributed by atoms with E-state index in [0.717, 1.165) is 35.2 Å². The maximum absolute atomic E-state index is 9.38. The van der Waals surface area contributed by atoms with E-state index in [2.05, 4.69) is 21.7 Å². The van der Waals surface area contributed by atoms with Crippen molar-refractivity contribution in [3.8, 4) is 6.07 Å². The number of nitrogens with zero attached hydrogens (tertiary/aromatic N) is 2. The highest BCUT2D eigenvalue weighted by Crippen LogP contribution is 2.29. The van der Waals surface area contributed by atoms with Crippen molar-refractivity contribution in [1.29, 1.82) is 5.26 Å². The smallest absolute Gasteiger partial charge is 0.128 e. The Morgan fingerprint density at radius 2 is 1.89 bits per heavy atom. The van der Waals surface area contributed by atoms with Gasteiger partial charge in [0.2, 0.25) is 0 Å². The fourth-order valence-electron chi connectivity index (χ4n) is 3.54. The quantitative estimate of drug-likeness (QED) is 0.659. The summed E-state index contributed by atoms with van der Waals surface area (Å²) in [6, 6.07) is 11.8. The highest BCUT2D eigenvalue weighted by Gasteiger charge is 2.20. The van der Waals surface area contributed by atoms with E-state index in [9.17, 15) is 5.26 Å². The maximum Gasteiger partial charge on any atom is 0.128 e. The highest BCUT2D eigenvalue weighted by atomic mass is 35.5. The van der Waals surface area contributed by atoms with E-state index in [0.29, 0.717) is 23.9 Å². The largest absolute Gasteiger partial charge is 0.384 e. The van der Waals surface area contributed by atoms with Crippen molar-refractivity contribution in [2.75, 3.05) is 23.7 Å². The van der Waals surface area contributed by atoms with Gasteiger partial charge < -0.3 is 16.4 Å². The van der Waals surface area contributed by atoms with Crippen LogP contribution in [-0.2, 0) is 6.54 Å². The number of halogens is 1. The Balaban J connectivity index is 1.60. The molecule has 1 aliphatic carbocycles. The first-order valence-corrected chi connectivity index (χ1v) is 9.88. The summed E-state index contributed by atoms with van der Waals surface area (Å²) < 4.78 is 0. The summed E-state index contributed by atoms with van der Waals surface area (Å²) in [6.45, 7) is 2.25. The minimum absolute atomic E-state index is 0.564. The number of nitriles is 1. The summed E-state index contributed by atoms with van der Waals surface area (Å²) in [6.07, 6.45) is 6.41. The average Bonchev–Trinajstić information content (AvgIpc) is 2.72. The van der Waals surface area contributed by atoms with Crippen LogP contribution in [0.3, 0.4) is 0 Å². The molecule has 4 N–H and O–H groups in total. The Bertz CT molecular complexity index is 793. The van der Waals surface area contributed by atoms with E-state index >= 15 is 0 Å². The van der Waals surface area contributed by atoms with Crippen molar-refractivity contribution < 1.29 is 0 Å². The van der Waals surface area contributed by atoms with Gasteiger partial charge in [0.15, 0.2) is 0 Å². The molecule has 1 heterocycles. The van der Waals surface area contributed by atoms with Crippen LogP contribution in [-0.4, -0.2) is 18.1 Å². The maximum atomic E-state index is 9.38. The molecule has 2 aromatic rings. The molecule has 0 bridgehead atoms. The van der Waals surface area contributed by atoms with E-state index in [-0.39, 0.29) is 0 Å². The fourth-order valence-corrected chi connectivity index (χ4v) is 3.74. The molecule has 6 heteroatoms. The average molecular weight is 384 g/mol. The van der Waals surface area contributed by atoms with Crippen LogP contribution in [0, 0.1) is 23.2 Å². The Morgan fingerprint density at radius 1 is 1.15 bits per heavy atom. The summed E-state index contributed by atoms with van der Waals surface area (Å²) in [4.78, 5) is 4.34. The molecule has 1 aliphatic rings. The second-order valence-corrected chi connectivity index (χ2v) is 7.58. The second-order valence-electron chi connectivity index (χ2n) is 7.18. The number of hydrogen-bond acceptors (Lipinski definition) is 5. The number of rotatable bonds is 7. The number of nitrogens with two attached hydrogens (primary N) is 1. The van der Waals surface area contributed by atoms with Crippen molar-refractivity contribution >= 4 is 23.1 Å². The van der Waals surface area contributed by atoms with Gasteiger partial charge in [-0.3, -0.25) is 0 Å². The number of benzene rings is 1. The molecular weight excluding hydrogens is 358 g/mol. The van der Waals surface area contributed by atoms with Gasteiger partial charge in [-0.25, -0.2) is 4.98 Å². The van der Waals surface area contributed by atoms with Crippen LogP contribution in [0.25, 0.3) is 0 Å². The monoisotopic (exact) mass is 383 g/mol. The number of hydrogen-bond donors (Lipinski definition) is 3. The van der Waals surface area contributed by atoms with Crippen LogP contribution in [0.1, 0.15) is 36.8 Å². The SMILES string of the molecule is N#Cc1cnc(NCc2ccccc2Cl)cc1NCC1CCC(CN)CC1. The fraction of sp³-hybridized carbons (Fsp3) is 0.429. The first-order valence-electron chi connectivity index (χ1n) is 9.51. The van der Waals surface area contributed by atoms with E-state index in [4.69, 9.17) is 17.3 Å². The molecular formula is C21H26ClN5. The van der Waals surface area contributed by atoms with Crippen molar-refractivity contribution in [2.45, 2.75) is 32.2 Å². The molecule has 1 fully saturated rings. The van der Waals surface area contributed by atoms with Crippen LogP contribution in [0.15, 0.2) is 36.5 Å². The first-order chi connectivity index (χ1) is 13.2. The molecule has 5 nitrogen and oxygen atoms in total. The van der Waals surface area contributed by atoms with Crippen LogP contribution in [0.5, 0.6) is 0 Å². The number of aromatic nitrogens is 1. The Morgan fingerprint density at radius 3 is 2.59 bits per heavy atom. The van der Waals surface area contributed by atoms with Gasteiger partial charge in [0, 0.05) is 30.4 Å². The molecule has 0 spiro atoms. The minimum atomic E-state index is 0.564. The number of nitrogens with one attached hydrogen (secondary N) is 2. The van der Waals surface area contributed by atoms with Crippen LogP contribution >= 0.6 is 11.6 Å². The Hall–Kier alpha value is -2.29. The van der Waals surface area contributed by atoms with Crippen LogP contribution in [0.2, 0.25) is 5.02 Å². The molecule has 1 aromatic carbocycles. The first kappa shape index (κ1) is 19.5. The normalized spacial score (nSPS) is 19.3. The van der Waals surface area contributed by atoms with Crippen molar-refractivity contribution in [1.82, 2.24) is 4.98 Å². The van der Waals surface area contributed by atoms with Gasteiger partial charge in [0.1, 0.15) is 11.9 Å². The molecule has 1 aromatic heterocycles. The molecule has 0 saturated heterocycles. The van der Waals surface area contributed by atoms with Crippen LogP contribution < -0.4 is 16.4 Å². The molecule has 0 unspecified atom stereocenters. The van der Waals surface area contributed by atoms with Gasteiger partial charge in [0.25, 0.3) is 0 Å². The Labute approximate surface area is 165 Å². The van der Waals surface area contributed by atoms with Gasteiger partial charge in [0.05, 0.1) is 11.3 Å². The third kappa shape index (κ3) is 5.35. The predicted octanol–water partition coefficient (Wildman–Crippen LogP) is 4.40. The highest BCUT2D eigenvalue weighted by molar-refractivity contribution is 6.31. The molecule has 142 valence electrons. The molecule has 0 radical (unpaired) electrons. The lowest BCUT2D eigenvalue weighted by molar-refractivity contribution is 0.289. The van der Waals surface area contributed by atoms with Gasteiger partial charge in [-0.05, 0) is 55.7 Å². The Kier molecular flexibility index (Phi) is 6.92. The molecule has 0 amide bonds. The lowest BCUT2D eigenvalue weighted by Gasteiger charge is -2.28. The third-order valence-corrected chi connectivity index (χ3v) is 5.69. The number of pyridine rings is 1. The van der Waals surface area contributed by atoms with E-state index in [1.165, 1.54) is 25.7 Å². The van der Waals surface area contributed by atoms with Gasteiger partial charge >= 0.3 is 0 Å². The predicted molar refractivity (Wildman–Crippen MR) is 111 cm³/mol. The van der Waals surface area contributed by atoms with E-state index in [1.807, 2.05) is 30.3 Å². The van der Waals surface area contributed by atoms with E-state index < -0.39 is 0 Å². The molecule has 27 heavy (non-hydrogen) atoms. The van der Waals surface area contributed by atoms with E-state index in [1.54, 1.807) is 6.20 Å². The van der Waals surface area contributed by atoms with Gasteiger partial charge in [-0.2, -0.15) is 5.26 Å². The van der Waals surface area contributed by atoms with Crippen molar-refractivity contribution in [3.63, 3.8) is 0 Å². The van der Waals surface area contributed by atoms with Gasteiger partial charge in [-0.1, -0.05) is 29.8 Å². The lowest BCUT2D eigenvalue weighted by Crippen LogP contribution is -2.25. The van der Waals surface area contributed by atoms with Crippen molar-refractivity contribution in [3.05, 3.63) is 52.7 Å². The van der Waals surface area contributed by atoms with Crippen LogP contribution in [0.4, 0.5) is 11.5 Å². The zero-order valence-corrected chi connectivity index (χ0v) is 16.2. The summed E-state index contributed by atoms with van der Waals surface area (Å²) in [5.74, 6) is 2.03. The zero-order chi connectivity index (χ0) is 19.1. The summed E-state index contributed by atoms with van der Waals surface area (Å²) in [5, 5.41) is 16.8.